The lowest BCUT2D eigenvalue weighted by molar-refractivity contribution is 0.0279. The highest BCUT2D eigenvalue weighted by Gasteiger charge is 2.21. The summed E-state index contributed by atoms with van der Waals surface area (Å²) in [6.45, 7) is 2.62. The largest absolute Gasteiger partial charge is 0.486 e. The zero-order chi connectivity index (χ0) is 17.9. The van der Waals surface area contributed by atoms with E-state index >= 15 is 0 Å². The number of hydrogen-bond acceptors (Lipinski definition) is 7. The Hall–Kier alpha value is -3.35. The van der Waals surface area contributed by atoms with Crippen LogP contribution in [0.25, 0.3) is 11.5 Å². The van der Waals surface area contributed by atoms with E-state index in [1.54, 1.807) is 25.1 Å². The molecule has 132 valence electrons. The first-order chi connectivity index (χ1) is 12.7. The summed E-state index contributed by atoms with van der Waals surface area (Å²) in [7, 11) is 0. The van der Waals surface area contributed by atoms with Gasteiger partial charge < -0.3 is 18.6 Å². The lowest BCUT2D eigenvalue weighted by Gasteiger charge is -2.18. The van der Waals surface area contributed by atoms with Gasteiger partial charge in [0.2, 0.25) is 5.89 Å². The average molecular weight is 352 g/mol. The number of benzene rings is 2. The van der Waals surface area contributed by atoms with Gasteiger partial charge in [0.15, 0.2) is 17.6 Å². The summed E-state index contributed by atoms with van der Waals surface area (Å²) < 4.78 is 22.0. The SMILES string of the molecule is CC(OC(=O)c1ccc2c(c1)OCCO2)c1nnc(-c2ccccc2)o1. The molecule has 0 bridgehead atoms. The summed E-state index contributed by atoms with van der Waals surface area (Å²) >= 11 is 0. The minimum atomic E-state index is -0.680. The van der Waals surface area contributed by atoms with Crippen LogP contribution >= 0.6 is 0 Å². The highest BCUT2D eigenvalue weighted by atomic mass is 16.6. The second-order valence-electron chi connectivity index (χ2n) is 5.72. The molecule has 0 spiro atoms. The first kappa shape index (κ1) is 16.1. The third-order valence-corrected chi connectivity index (χ3v) is 3.87. The predicted octanol–water partition coefficient (Wildman–Crippen LogP) is 3.43. The van der Waals surface area contributed by atoms with Crippen molar-refractivity contribution in [2.75, 3.05) is 13.2 Å². The van der Waals surface area contributed by atoms with Gasteiger partial charge in [0, 0.05) is 5.56 Å². The molecule has 7 nitrogen and oxygen atoms in total. The molecule has 2 aromatic carbocycles. The van der Waals surface area contributed by atoms with Crippen molar-refractivity contribution in [2.24, 2.45) is 0 Å². The van der Waals surface area contributed by atoms with Crippen molar-refractivity contribution in [1.29, 1.82) is 0 Å². The number of carbonyl (C=O) groups is 1. The Bertz CT molecular complexity index is 923. The van der Waals surface area contributed by atoms with Gasteiger partial charge in [-0.1, -0.05) is 18.2 Å². The molecule has 1 aromatic heterocycles. The van der Waals surface area contributed by atoms with Crippen molar-refractivity contribution < 1.29 is 23.4 Å². The fraction of sp³-hybridized carbons (Fsp3) is 0.211. The minimum absolute atomic E-state index is 0.231. The highest BCUT2D eigenvalue weighted by Crippen LogP contribution is 2.31. The van der Waals surface area contributed by atoms with E-state index in [-0.39, 0.29) is 5.89 Å². The molecule has 2 heterocycles. The number of nitrogens with zero attached hydrogens (tertiary/aromatic N) is 2. The number of hydrogen-bond donors (Lipinski definition) is 0. The zero-order valence-electron chi connectivity index (χ0n) is 14.0. The predicted molar refractivity (Wildman–Crippen MR) is 91.0 cm³/mol. The van der Waals surface area contributed by atoms with Gasteiger partial charge in [0.05, 0.1) is 5.56 Å². The molecule has 0 amide bonds. The molecular weight excluding hydrogens is 336 g/mol. The van der Waals surface area contributed by atoms with Crippen LogP contribution < -0.4 is 9.47 Å². The molecule has 0 N–H and O–H groups in total. The van der Waals surface area contributed by atoms with Crippen LogP contribution in [0.2, 0.25) is 0 Å². The average Bonchev–Trinajstić information content (AvgIpc) is 3.18. The van der Waals surface area contributed by atoms with Gasteiger partial charge in [0.1, 0.15) is 13.2 Å². The Balaban J connectivity index is 1.47. The Kier molecular flexibility index (Phi) is 4.27. The molecule has 0 fully saturated rings. The highest BCUT2D eigenvalue weighted by molar-refractivity contribution is 5.90. The van der Waals surface area contributed by atoms with Crippen LogP contribution in [0.3, 0.4) is 0 Å². The molecule has 1 aliphatic heterocycles. The first-order valence-corrected chi connectivity index (χ1v) is 8.20. The molecule has 26 heavy (non-hydrogen) atoms. The minimum Gasteiger partial charge on any atom is -0.486 e. The van der Waals surface area contributed by atoms with E-state index in [1.165, 1.54) is 0 Å². The Labute approximate surface area is 149 Å². The molecule has 3 aromatic rings. The monoisotopic (exact) mass is 352 g/mol. The second-order valence-corrected chi connectivity index (χ2v) is 5.72. The number of aromatic nitrogens is 2. The van der Waals surface area contributed by atoms with Crippen molar-refractivity contribution >= 4 is 5.97 Å². The van der Waals surface area contributed by atoms with Gasteiger partial charge in [-0.3, -0.25) is 0 Å². The van der Waals surface area contributed by atoms with Gasteiger partial charge in [-0.25, -0.2) is 4.79 Å². The van der Waals surface area contributed by atoms with Crippen molar-refractivity contribution in [2.45, 2.75) is 13.0 Å². The second kappa shape index (κ2) is 6.87. The third kappa shape index (κ3) is 3.23. The van der Waals surface area contributed by atoms with E-state index in [2.05, 4.69) is 10.2 Å². The zero-order valence-corrected chi connectivity index (χ0v) is 14.0. The molecule has 4 rings (SSSR count). The van der Waals surface area contributed by atoms with Gasteiger partial charge in [-0.05, 0) is 37.3 Å². The summed E-state index contributed by atoms with van der Waals surface area (Å²) in [5, 5.41) is 7.97. The summed E-state index contributed by atoms with van der Waals surface area (Å²) in [6.07, 6.45) is -0.680. The fourth-order valence-electron chi connectivity index (χ4n) is 2.55. The topological polar surface area (TPSA) is 83.7 Å². The first-order valence-electron chi connectivity index (χ1n) is 8.20. The molecule has 7 heteroatoms. The number of carbonyl (C=O) groups excluding carboxylic acids is 1. The fourth-order valence-corrected chi connectivity index (χ4v) is 2.55. The summed E-state index contributed by atoms with van der Waals surface area (Å²) in [5.41, 5.74) is 1.17. The van der Waals surface area contributed by atoms with Gasteiger partial charge in [-0.2, -0.15) is 0 Å². The van der Waals surface area contributed by atoms with Crippen LogP contribution in [0, 0.1) is 0 Å². The van der Waals surface area contributed by atoms with Crippen LogP contribution in [-0.4, -0.2) is 29.4 Å². The molecule has 1 aliphatic rings. The van der Waals surface area contributed by atoms with E-state index in [0.29, 0.717) is 36.2 Å². The Morgan fingerprint density at radius 3 is 2.62 bits per heavy atom. The van der Waals surface area contributed by atoms with E-state index in [9.17, 15) is 4.79 Å². The van der Waals surface area contributed by atoms with Crippen molar-refractivity contribution in [3.8, 4) is 23.0 Å². The maximum absolute atomic E-state index is 12.4. The summed E-state index contributed by atoms with van der Waals surface area (Å²) in [6, 6.07) is 14.3. The summed E-state index contributed by atoms with van der Waals surface area (Å²) in [4.78, 5) is 12.4. The smallest absolute Gasteiger partial charge is 0.339 e. The quantitative estimate of drug-likeness (QED) is 0.665. The maximum atomic E-state index is 12.4. The number of ether oxygens (including phenoxy) is 3. The molecular formula is C19H16N2O5. The van der Waals surface area contributed by atoms with Crippen LogP contribution in [0.1, 0.15) is 29.3 Å². The lowest BCUT2D eigenvalue weighted by Crippen LogP contribution is -2.16. The lowest BCUT2D eigenvalue weighted by atomic mass is 10.2. The molecule has 1 atom stereocenters. The van der Waals surface area contributed by atoms with E-state index in [4.69, 9.17) is 18.6 Å². The molecule has 0 saturated carbocycles. The van der Waals surface area contributed by atoms with E-state index in [0.717, 1.165) is 5.56 Å². The van der Waals surface area contributed by atoms with Crippen LogP contribution in [0.5, 0.6) is 11.5 Å². The maximum Gasteiger partial charge on any atom is 0.339 e. The van der Waals surface area contributed by atoms with Gasteiger partial charge >= 0.3 is 5.97 Å². The van der Waals surface area contributed by atoms with E-state index in [1.807, 2.05) is 30.3 Å². The third-order valence-electron chi connectivity index (χ3n) is 3.87. The van der Waals surface area contributed by atoms with Crippen LogP contribution in [0.15, 0.2) is 52.9 Å². The standard InChI is InChI=1S/C19H16N2O5/c1-12(17-20-21-18(26-17)13-5-3-2-4-6-13)25-19(22)14-7-8-15-16(11-14)24-10-9-23-15/h2-8,11-12H,9-10H2,1H3. The van der Waals surface area contributed by atoms with Gasteiger partial charge in [0.25, 0.3) is 5.89 Å². The van der Waals surface area contributed by atoms with Crippen molar-refractivity contribution in [3.63, 3.8) is 0 Å². The molecule has 1 unspecified atom stereocenters. The van der Waals surface area contributed by atoms with Crippen LogP contribution in [0.4, 0.5) is 0 Å². The number of rotatable bonds is 4. The van der Waals surface area contributed by atoms with Crippen molar-refractivity contribution in [3.05, 3.63) is 60.0 Å². The Morgan fingerprint density at radius 1 is 1.04 bits per heavy atom. The Morgan fingerprint density at radius 2 is 1.81 bits per heavy atom. The normalized spacial score (nSPS) is 13.9. The number of esters is 1. The van der Waals surface area contributed by atoms with Crippen LogP contribution in [-0.2, 0) is 4.74 Å². The summed E-state index contributed by atoms with van der Waals surface area (Å²) in [5.74, 6) is 1.25. The van der Waals surface area contributed by atoms with E-state index < -0.39 is 12.1 Å². The molecule has 0 aliphatic carbocycles. The molecule has 0 saturated heterocycles. The van der Waals surface area contributed by atoms with Gasteiger partial charge in [-0.15, -0.1) is 10.2 Å². The molecule has 0 radical (unpaired) electrons. The number of fused-ring (bicyclic) bond motifs is 1. The van der Waals surface area contributed by atoms with Crippen molar-refractivity contribution in [1.82, 2.24) is 10.2 Å².